The van der Waals surface area contributed by atoms with Crippen molar-refractivity contribution in [3.8, 4) is 0 Å². The van der Waals surface area contributed by atoms with Gasteiger partial charge in [0.25, 0.3) is 0 Å². The molecule has 7 nitrogen and oxygen atoms in total. The summed E-state index contributed by atoms with van der Waals surface area (Å²) in [5, 5.41) is 33.9. The first kappa shape index (κ1) is 27.4. The Morgan fingerprint density at radius 1 is 0.865 bits per heavy atom. The van der Waals surface area contributed by atoms with Gasteiger partial charge in [-0.05, 0) is 55.1 Å². The summed E-state index contributed by atoms with van der Waals surface area (Å²) in [6.07, 6.45) is 17.7. The molecule has 2 unspecified atom stereocenters. The fraction of sp³-hybridized carbons (Fsp3) is 0.379. The van der Waals surface area contributed by atoms with Gasteiger partial charge in [0.15, 0.2) is 0 Å². The van der Waals surface area contributed by atoms with Gasteiger partial charge < -0.3 is 25.6 Å². The van der Waals surface area contributed by atoms with Crippen LogP contribution in [0.2, 0.25) is 0 Å². The van der Waals surface area contributed by atoms with E-state index in [-0.39, 0.29) is 51.4 Å². The minimum atomic E-state index is -0.120. The number of aromatic nitrogens is 1. The van der Waals surface area contributed by atoms with Gasteiger partial charge in [0, 0.05) is 25.5 Å². The number of aliphatic hydroxyl groups excluding tert-OH is 3. The summed E-state index contributed by atoms with van der Waals surface area (Å²) in [6, 6.07) is 1.77. The molecule has 2 atom stereocenters. The summed E-state index contributed by atoms with van der Waals surface area (Å²) in [5.41, 5.74) is 8.99. The third-order valence-electron chi connectivity index (χ3n) is 6.81. The van der Waals surface area contributed by atoms with Gasteiger partial charge in [0.05, 0.1) is 17.5 Å². The Balaban J connectivity index is 0.00000320. The minimum Gasteiger partial charge on any atom is -0.676 e. The molecule has 1 aromatic heterocycles. The molecule has 4 aliphatic rings. The summed E-state index contributed by atoms with van der Waals surface area (Å²) in [6.45, 7) is 2.28. The molecule has 0 aliphatic carbocycles. The Labute approximate surface area is 230 Å². The van der Waals surface area contributed by atoms with Crippen LogP contribution in [0.15, 0.2) is 80.6 Å². The number of aliphatic imine (C=N–C) groups is 2. The SMILES string of the molecule is CCCC1=CC2[N-]C1=C/C=C1\N=C(C=C1CCO)c1cc(CCO)c([n-]1)/C=C\C1=NC2C=C1CCO.[Zn+2]. The van der Waals surface area contributed by atoms with E-state index in [0.717, 1.165) is 63.8 Å². The molecule has 0 fully saturated rings. The number of hydrogen-bond acceptors (Lipinski definition) is 5. The van der Waals surface area contributed by atoms with Crippen molar-refractivity contribution in [1.82, 2.24) is 4.98 Å². The van der Waals surface area contributed by atoms with Crippen molar-refractivity contribution in [3.63, 3.8) is 0 Å². The Bertz CT molecular complexity index is 1280. The maximum absolute atomic E-state index is 9.64. The predicted octanol–water partition coefficient (Wildman–Crippen LogP) is 3.70. The van der Waals surface area contributed by atoms with E-state index in [1.165, 1.54) is 5.57 Å². The number of nitrogens with zero attached hydrogens (tertiary/aromatic N) is 4. The van der Waals surface area contributed by atoms with Crippen LogP contribution in [0, 0.1) is 0 Å². The fourth-order valence-electron chi connectivity index (χ4n) is 5.06. The molecule has 0 aromatic carbocycles. The first-order valence-corrected chi connectivity index (χ1v) is 12.7. The number of fused-ring (bicyclic) bond motifs is 8. The maximum atomic E-state index is 9.64. The molecule has 8 heteroatoms. The summed E-state index contributed by atoms with van der Waals surface area (Å²) < 4.78 is 0. The standard InChI is InChI=1S/C29H32N4O3.Zn/c1-2-3-18-14-26-27-15-19(8-11-34)24(31-27)6-7-25-21(10-13-36)17-29(33-25)28-16-20(9-12-35)23(32-28)5-4-22(18)30-26;/h4-7,14-17,26-27,34-36H,2-3,8-13H2,1H3;/q-2;+2/b7-6-,22-4?,23-5-;. The normalized spacial score (nSPS) is 24.1. The van der Waals surface area contributed by atoms with E-state index in [1.54, 1.807) is 0 Å². The van der Waals surface area contributed by atoms with Crippen LogP contribution in [-0.4, -0.2) is 58.6 Å². The van der Waals surface area contributed by atoms with Crippen LogP contribution in [0.4, 0.5) is 0 Å². The predicted molar refractivity (Wildman–Crippen MR) is 143 cm³/mol. The van der Waals surface area contributed by atoms with Crippen LogP contribution in [0.25, 0.3) is 11.4 Å². The number of allylic oxidation sites excluding steroid dienone is 6. The molecule has 8 bridgehead atoms. The van der Waals surface area contributed by atoms with Crippen LogP contribution in [0.5, 0.6) is 0 Å². The maximum Gasteiger partial charge on any atom is 2.00 e. The molecule has 1 aromatic rings. The first-order valence-electron chi connectivity index (χ1n) is 12.7. The summed E-state index contributed by atoms with van der Waals surface area (Å²) in [7, 11) is 0. The van der Waals surface area contributed by atoms with Gasteiger partial charge >= 0.3 is 19.5 Å². The smallest absolute Gasteiger partial charge is 0.676 e. The second-order valence-electron chi connectivity index (χ2n) is 9.33. The quantitative estimate of drug-likeness (QED) is 0.429. The average Bonchev–Trinajstić information content (AvgIpc) is 3.63. The van der Waals surface area contributed by atoms with Crippen molar-refractivity contribution in [2.75, 3.05) is 19.8 Å². The minimum absolute atomic E-state index is 0. The van der Waals surface area contributed by atoms with Gasteiger partial charge in [-0.3, -0.25) is 9.98 Å². The third kappa shape index (κ3) is 5.78. The average molecular weight is 550 g/mol. The van der Waals surface area contributed by atoms with Crippen LogP contribution < -0.4 is 4.98 Å². The van der Waals surface area contributed by atoms with Crippen LogP contribution in [0.3, 0.4) is 0 Å². The molecule has 0 saturated heterocycles. The molecule has 5 rings (SSSR count). The second kappa shape index (κ2) is 12.3. The van der Waals surface area contributed by atoms with E-state index in [2.05, 4.69) is 19.1 Å². The van der Waals surface area contributed by atoms with E-state index in [1.807, 2.05) is 36.4 Å². The van der Waals surface area contributed by atoms with Crippen molar-refractivity contribution in [2.24, 2.45) is 9.98 Å². The van der Waals surface area contributed by atoms with Gasteiger partial charge in [-0.25, -0.2) is 0 Å². The van der Waals surface area contributed by atoms with Crippen LogP contribution >= 0.6 is 0 Å². The van der Waals surface area contributed by atoms with E-state index in [9.17, 15) is 15.3 Å². The molecule has 5 heterocycles. The largest absolute Gasteiger partial charge is 2.00 e. The second-order valence-corrected chi connectivity index (χ2v) is 9.33. The van der Waals surface area contributed by atoms with Gasteiger partial charge in [0.2, 0.25) is 0 Å². The van der Waals surface area contributed by atoms with E-state index < -0.39 is 0 Å². The Kier molecular flexibility index (Phi) is 9.09. The van der Waals surface area contributed by atoms with Crippen LogP contribution in [-0.2, 0) is 25.9 Å². The molecular weight excluding hydrogens is 518 g/mol. The molecule has 0 saturated carbocycles. The third-order valence-corrected chi connectivity index (χ3v) is 6.81. The summed E-state index contributed by atoms with van der Waals surface area (Å²) >= 11 is 0. The van der Waals surface area contributed by atoms with E-state index >= 15 is 0 Å². The van der Waals surface area contributed by atoms with Crippen molar-refractivity contribution in [1.29, 1.82) is 0 Å². The van der Waals surface area contributed by atoms with Crippen molar-refractivity contribution in [2.45, 2.75) is 51.1 Å². The fourth-order valence-corrected chi connectivity index (χ4v) is 5.06. The van der Waals surface area contributed by atoms with Crippen molar-refractivity contribution < 1.29 is 34.8 Å². The van der Waals surface area contributed by atoms with E-state index in [0.29, 0.717) is 19.3 Å². The number of hydrogen-bond donors (Lipinski definition) is 3. The molecule has 188 valence electrons. The molecule has 3 N–H and O–H groups in total. The zero-order valence-corrected chi connectivity index (χ0v) is 24.2. The van der Waals surface area contributed by atoms with Crippen LogP contribution in [0.1, 0.15) is 49.6 Å². The molecule has 0 amide bonds. The first-order chi connectivity index (χ1) is 17.6. The van der Waals surface area contributed by atoms with Gasteiger partial charge in [-0.2, -0.15) is 0 Å². The van der Waals surface area contributed by atoms with Gasteiger partial charge in [-0.15, -0.1) is 17.1 Å². The summed E-state index contributed by atoms with van der Waals surface area (Å²) in [4.78, 5) is 14.7. The molecule has 0 radical (unpaired) electrons. The zero-order valence-electron chi connectivity index (χ0n) is 21.3. The van der Waals surface area contributed by atoms with Gasteiger partial charge in [0.1, 0.15) is 0 Å². The van der Waals surface area contributed by atoms with Gasteiger partial charge in [-0.1, -0.05) is 60.9 Å². The Morgan fingerprint density at radius 2 is 1.65 bits per heavy atom. The molecular formula is C29H32N4O3Zn. The Hall–Kier alpha value is -2.64. The zero-order chi connectivity index (χ0) is 25.1. The topological polar surface area (TPSA) is 114 Å². The molecule has 37 heavy (non-hydrogen) atoms. The molecule has 4 aliphatic heterocycles. The Morgan fingerprint density at radius 3 is 2.41 bits per heavy atom. The van der Waals surface area contributed by atoms with Crippen molar-refractivity contribution >= 4 is 17.5 Å². The summed E-state index contributed by atoms with van der Waals surface area (Å²) in [5.74, 6) is 0. The van der Waals surface area contributed by atoms with Crippen molar-refractivity contribution in [3.05, 3.63) is 92.9 Å². The number of aliphatic hydroxyl groups is 3. The monoisotopic (exact) mass is 548 g/mol. The van der Waals surface area contributed by atoms with E-state index in [4.69, 9.17) is 20.3 Å². The number of rotatable bonds is 8. The molecule has 0 spiro atoms.